The standard InChI is InChI=1S/C27H30N4O/c1-22(32)26(29-28-25-15-9-4-10-16-25)27(24-13-7-3-8-14-24)31-19-17-30(18-20-31)21-23-11-5-2-6-12-23/h2-16,27-28H,17-21H2,1H3/b29-26+. The first-order valence-corrected chi connectivity index (χ1v) is 11.2. The molecule has 1 aliphatic heterocycles. The number of piperazine rings is 1. The number of para-hydroxylation sites is 1. The van der Waals surface area contributed by atoms with Crippen LogP contribution in [0.1, 0.15) is 24.1 Å². The normalized spacial score (nSPS) is 16.5. The van der Waals surface area contributed by atoms with E-state index in [1.807, 2.05) is 48.5 Å². The predicted octanol–water partition coefficient (Wildman–Crippen LogP) is 4.60. The van der Waals surface area contributed by atoms with Crippen LogP contribution in [0.15, 0.2) is 96.1 Å². The second-order valence-electron chi connectivity index (χ2n) is 8.14. The summed E-state index contributed by atoms with van der Waals surface area (Å²) in [5.41, 5.74) is 6.91. The van der Waals surface area contributed by atoms with Crippen molar-refractivity contribution in [2.75, 3.05) is 31.6 Å². The van der Waals surface area contributed by atoms with Gasteiger partial charge in [-0.15, -0.1) is 0 Å². The van der Waals surface area contributed by atoms with Crippen LogP contribution in [0.2, 0.25) is 0 Å². The molecule has 5 heteroatoms. The lowest BCUT2D eigenvalue weighted by Gasteiger charge is -2.39. The van der Waals surface area contributed by atoms with Crippen LogP contribution in [0.5, 0.6) is 0 Å². The first-order valence-electron chi connectivity index (χ1n) is 11.2. The number of rotatable bonds is 8. The van der Waals surface area contributed by atoms with Gasteiger partial charge in [0.2, 0.25) is 0 Å². The molecule has 0 aliphatic carbocycles. The third-order valence-corrected chi connectivity index (χ3v) is 5.84. The number of nitrogens with one attached hydrogen (secondary N) is 1. The van der Waals surface area contributed by atoms with E-state index in [1.54, 1.807) is 6.92 Å². The monoisotopic (exact) mass is 426 g/mol. The summed E-state index contributed by atoms with van der Waals surface area (Å²) < 4.78 is 0. The Hall–Kier alpha value is -3.28. The molecule has 1 fully saturated rings. The summed E-state index contributed by atoms with van der Waals surface area (Å²) in [6, 6.07) is 30.4. The Morgan fingerprint density at radius 1 is 0.844 bits per heavy atom. The molecule has 0 aromatic heterocycles. The van der Waals surface area contributed by atoms with Gasteiger partial charge in [-0.2, -0.15) is 5.10 Å². The zero-order valence-electron chi connectivity index (χ0n) is 18.5. The first kappa shape index (κ1) is 21.9. The molecule has 1 heterocycles. The van der Waals surface area contributed by atoms with Gasteiger partial charge in [0.25, 0.3) is 0 Å². The lowest BCUT2D eigenvalue weighted by atomic mass is 9.97. The number of hydrogen-bond donors (Lipinski definition) is 1. The van der Waals surface area contributed by atoms with Crippen molar-refractivity contribution in [3.8, 4) is 0 Å². The van der Waals surface area contributed by atoms with Crippen molar-refractivity contribution >= 4 is 17.2 Å². The number of hydrazone groups is 1. The summed E-state index contributed by atoms with van der Waals surface area (Å²) in [7, 11) is 0. The van der Waals surface area contributed by atoms with Gasteiger partial charge in [0.15, 0.2) is 5.78 Å². The third kappa shape index (κ3) is 5.69. The number of nitrogens with zero attached hydrogens (tertiary/aromatic N) is 3. The van der Waals surface area contributed by atoms with Crippen molar-refractivity contribution in [1.29, 1.82) is 0 Å². The van der Waals surface area contributed by atoms with Gasteiger partial charge in [-0.1, -0.05) is 78.9 Å². The highest BCUT2D eigenvalue weighted by atomic mass is 16.1. The van der Waals surface area contributed by atoms with Crippen molar-refractivity contribution in [2.45, 2.75) is 19.5 Å². The van der Waals surface area contributed by atoms with E-state index in [0.29, 0.717) is 5.71 Å². The maximum atomic E-state index is 12.7. The molecule has 0 amide bonds. The number of hydrogen-bond acceptors (Lipinski definition) is 5. The molecule has 5 nitrogen and oxygen atoms in total. The van der Waals surface area contributed by atoms with Crippen LogP contribution < -0.4 is 5.43 Å². The number of Topliss-reactive ketones (excluding diaryl/α,β-unsaturated/α-hetero) is 1. The van der Waals surface area contributed by atoms with Crippen molar-refractivity contribution in [3.05, 3.63) is 102 Å². The lowest BCUT2D eigenvalue weighted by Crippen LogP contribution is -2.49. The number of anilines is 1. The third-order valence-electron chi connectivity index (χ3n) is 5.84. The summed E-state index contributed by atoms with van der Waals surface area (Å²) in [6.45, 7) is 6.22. The van der Waals surface area contributed by atoms with Crippen LogP contribution >= 0.6 is 0 Å². The maximum Gasteiger partial charge on any atom is 0.177 e. The summed E-state index contributed by atoms with van der Waals surface area (Å²) in [6.07, 6.45) is 0. The highest BCUT2D eigenvalue weighted by Gasteiger charge is 2.31. The van der Waals surface area contributed by atoms with Crippen molar-refractivity contribution in [3.63, 3.8) is 0 Å². The highest BCUT2D eigenvalue weighted by molar-refractivity contribution is 6.41. The molecule has 32 heavy (non-hydrogen) atoms. The Labute approximate surface area is 190 Å². The average molecular weight is 427 g/mol. The van der Waals surface area contributed by atoms with Gasteiger partial charge in [0.1, 0.15) is 5.71 Å². The van der Waals surface area contributed by atoms with Gasteiger partial charge in [-0.3, -0.25) is 20.0 Å². The zero-order chi connectivity index (χ0) is 22.2. The molecule has 0 saturated carbocycles. The fraction of sp³-hybridized carbons (Fsp3) is 0.259. The van der Waals surface area contributed by atoms with Crippen LogP contribution in [-0.4, -0.2) is 47.5 Å². The Balaban J connectivity index is 1.53. The molecule has 3 aromatic carbocycles. The van der Waals surface area contributed by atoms with E-state index in [-0.39, 0.29) is 11.8 Å². The van der Waals surface area contributed by atoms with E-state index in [0.717, 1.165) is 44.0 Å². The number of carbonyl (C=O) groups excluding carboxylic acids is 1. The Kier molecular flexibility index (Phi) is 7.43. The van der Waals surface area contributed by atoms with Gasteiger partial charge in [0.05, 0.1) is 11.7 Å². The van der Waals surface area contributed by atoms with E-state index in [9.17, 15) is 4.79 Å². The largest absolute Gasteiger partial charge is 0.297 e. The fourth-order valence-electron chi connectivity index (χ4n) is 4.17. The van der Waals surface area contributed by atoms with Gasteiger partial charge >= 0.3 is 0 Å². The van der Waals surface area contributed by atoms with E-state index >= 15 is 0 Å². The quantitative estimate of drug-likeness (QED) is 0.422. The van der Waals surface area contributed by atoms with Gasteiger partial charge in [-0.25, -0.2) is 0 Å². The molecule has 3 aromatic rings. The number of carbonyl (C=O) groups is 1. The summed E-state index contributed by atoms with van der Waals surface area (Å²) in [5, 5.41) is 4.59. The molecule has 0 spiro atoms. The first-order chi connectivity index (χ1) is 15.7. The molecule has 1 unspecified atom stereocenters. The average Bonchev–Trinajstić information content (AvgIpc) is 2.84. The van der Waals surface area contributed by atoms with E-state index < -0.39 is 0 Å². The molecule has 0 bridgehead atoms. The number of ketones is 1. The summed E-state index contributed by atoms with van der Waals surface area (Å²) in [5.74, 6) is -0.0194. The molecule has 164 valence electrons. The topological polar surface area (TPSA) is 47.9 Å². The van der Waals surface area contributed by atoms with E-state index in [2.05, 4.69) is 62.8 Å². The molecule has 4 rings (SSSR count). The molecular weight excluding hydrogens is 396 g/mol. The maximum absolute atomic E-state index is 12.7. The lowest BCUT2D eigenvalue weighted by molar-refractivity contribution is -0.111. The van der Waals surface area contributed by atoms with E-state index in [4.69, 9.17) is 0 Å². The second kappa shape index (κ2) is 10.8. The SMILES string of the molecule is CC(=O)/C(=N\Nc1ccccc1)C(c1ccccc1)N1CCN(Cc2ccccc2)CC1. The number of benzene rings is 3. The highest BCUT2D eigenvalue weighted by Crippen LogP contribution is 2.25. The van der Waals surface area contributed by atoms with Gasteiger partial charge in [0, 0.05) is 39.6 Å². The molecule has 1 saturated heterocycles. The second-order valence-corrected chi connectivity index (χ2v) is 8.14. The Morgan fingerprint density at radius 2 is 1.41 bits per heavy atom. The minimum Gasteiger partial charge on any atom is -0.297 e. The smallest absolute Gasteiger partial charge is 0.177 e. The minimum absolute atomic E-state index is 0.0194. The van der Waals surface area contributed by atoms with Crippen LogP contribution in [0, 0.1) is 0 Å². The Morgan fingerprint density at radius 3 is 2.00 bits per heavy atom. The molecule has 0 radical (unpaired) electrons. The molecule has 1 N–H and O–H groups in total. The van der Waals surface area contributed by atoms with Crippen molar-refractivity contribution < 1.29 is 4.79 Å². The summed E-state index contributed by atoms with van der Waals surface area (Å²) in [4.78, 5) is 17.6. The van der Waals surface area contributed by atoms with E-state index in [1.165, 1.54) is 5.56 Å². The Bertz CT molecular complexity index is 1010. The zero-order valence-corrected chi connectivity index (χ0v) is 18.5. The van der Waals surface area contributed by atoms with Crippen LogP contribution in [0.4, 0.5) is 5.69 Å². The summed E-state index contributed by atoms with van der Waals surface area (Å²) >= 11 is 0. The van der Waals surface area contributed by atoms with Gasteiger partial charge < -0.3 is 0 Å². The fourth-order valence-corrected chi connectivity index (χ4v) is 4.17. The van der Waals surface area contributed by atoms with Crippen molar-refractivity contribution in [2.24, 2.45) is 5.10 Å². The predicted molar refractivity (Wildman–Crippen MR) is 131 cm³/mol. The molecular formula is C27H30N4O. The van der Waals surface area contributed by atoms with Crippen molar-refractivity contribution in [1.82, 2.24) is 9.80 Å². The van der Waals surface area contributed by atoms with Crippen LogP contribution in [-0.2, 0) is 11.3 Å². The molecule has 1 aliphatic rings. The van der Waals surface area contributed by atoms with Crippen LogP contribution in [0.3, 0.4) is 0 Å². The molecule has 1 atom stereocenters. The van der Waals surface area contributed by atoms with Gasteiger partial charge in [-0.05, 0) is 23.3 Å². The van der Waals surface area contributed by atoms with Crippen LogP contribution in [0.25, 0.3) is 0 Å². The minimum atomic E-state index is -0.177.